The minimum absolute atomic E-state index is 0.153. The monoisotopic (exact) mass is 402 g/mol. The molecule has 1 amide bonds. The molecule has 0 spiro atoms. The number of carbonyl (C=O) groups excluding carboxylic acids is 1. The molecule has 0 aliphatic carbocycles. The van der Waals surface area contributed by atoms with Crippen LogP contribution < -0.4 is 10.1 Å². The van der Waals surface area contributed by atoms with Gasteiger partial charge in [-0.15, -0.1) is 11.3 Å². The van der Waals surface area contributed by atoms with Crippen LogP contribution in [-0.2, 0) is 13.1 Å². The Hall–Kier alpha value is -2.29. The predicted octanol–water partition coefficient (Wildman–Crippen LogP) is 3.43. The lowest BCUT2D eigenvalue weighted by Crippen LogP contribution is -2.33. The molecule has 3 aromatic rings. The van der Waals surface area contributed by atoms with Gasteiger partial charge in [0.05, 0.1) is 24.5 Å². The predicted molar refractivity (Wildman–Crippen MR) is 108 cm³/mol. The summed E-state index contributed by atoms with van der Waals surface area (Å²) in [5.74, 6) is 0.567. The van der Waals surface area contributed by atoms with E-state index in [-0.39, 0.29) is 12.0 Å². The van der Waals surface area contributed by atoms with Crippen LogP contribution in [0.5, 0.6) is 5.75 Å². The molecule has 27 heavy (non-hydrogen) atoms. The van der Waals surface area contributed by atoms with E-state index in [1.165, 1.54) is 16.6 Å². The molecule has 0 fully saturated rings. The molecule has 0 radical (unpaired) electrons. The fraction of sp³-hybridized carbons (Fsp3) is 0.316. The number of hydrogen-bond acceptors (Lipinski definition) is 7. The Morgan fingerprint density at radius 3 is 2.93 bits per heavy atom. The molecule has 0 aliphatic heterocycles. The van der Waals surface area contributed by atoms with E-state index in [9.17, 15) is 4.79 Å². The first-order chi connectivity index (χ1) is 13.1. The molecule has 1 aromatic carbocycles. The summed E-state index contributed by atoms with van der Waals surface area (Å²) in [4.78, 5) is 15.5. The first-order valence-electron chi connectivity index (χ1n) is 8.62. The summed E-state index contributed by atoms with van der Waals surface area (Å²) >= 11 is 2.79. The van der Waals surface area contributed by atoms with Gasteiger partial charge < -0.3 is 10.1 Å². The Kier molecular flexibility index (Phi) is 6.92. The highest BCUT2D eigenvalue weighted by Crippen LogP contribution is 2.18. The van der Waals surface area contributed by atoms with Crippen molar-refractivity contribution in [2.75, 3.05) is 13.6 Å². The normalized spacial score (nSPS) is 12.1. The standard InChI is InChI=1S/C19H22N4O2S2/c1-14(10-20-19(24)18-11-21-27-22-18)25-16-6-3-5-15(9-16)12-23(2)13-17-7-4-8-26-17/h3-9,11,14H,10,12-13H2,1-2H3,(H,20,24). The third kappa shape index (κ3) is 6.13. The van der Waals surface area contributed by atoms with Crippen molar-refractivity contribution in [1.82, 2.24) is 19.0 Å². The van der Waals surface area contributed by atoms with Crippen molar-refractivity contribution >= 4 is 29.0 Å². The molecule has 0 saturated carbocycles. The minimum atomic E-state index is -0.233. The van der Waals surface area contributed by atoms with Gasteiger partial charge in [-0.1, -0.05) is 18.2 Å². The van der Waals surface area contributed by atoms with E-state index in [4.69, 9.17) is 4.74 Å². The van der Waals surface area contributed by atoms with Crippen molar-refractivity contribution in [2.24, 2.45) is 0 Å². The van der Waals surface area contributed by atoms with Crippen molar-refractivity contribution in [3.63, 3.8) is 0 Å². The van der Waals surface area contributed by atoms with E-state index in [2.05, 4.69) is 49.6 Å². The number of nitrogens with one attached hydrogen (secondary N) is 1. The molecule has 2 heterocycles. The Balaban J connectivity index is 1.48. The number of amides is 1. The quantitative estimate of drug-likeness (QED) is 0.594. The van der Waals surface area contributed by atoms with Crippen molar-refractivity contribution in [3.8, 4) is 5.75 Å². The maximum Gasteiger partial charge on any atom is 0.272 e. The third-order valence-corrected chi connectivity index (χ3v) is 5.18. The van der Waals surface area contributed by atoms with Crippen LogP contribution in [0.25, 0.3) is 0 Å². The number of ether oxygens (including phenoxy) is 1. The van der Waals surface area contributed by atoms with Crippen LogP contribution in [0, 0.1) is 0 Å². The summed E-state index contributed by atoms with van der Waals surface area (Å²) in [6.07, 6.45) is 1.31. The lowest BCUT2D eigenvalue weighted by molar-refractivity contribution is 0.0928. The van der Waals surface area contributed by atoms with Crippen LogP contribution >= 0.6 is 23.1 Å². The molecule has 0 aliphatic rings. The van der Waals surface area contributed by atoms with Gasteiger partial charge in [-0.25, -0.2) is 0 Å². The first kappa shape index (κ1) is 19.5. The summed E-state index contributed by atoms with van der Waals surface area (Å²) in [6, 6.07) is 12.3. The molecule has 6 nitrogen and oxygen atoms in total. The van der Waals surface area contributed by atoms with E-state index in [0.717, 1.165) is 30.6 Å². The molecular weight excluding hydrogens is 380 g/mol. The van der Waals surface area contributed by atoms with Crippen LogP contribution in [0.4, 0.5) is 0 Å². The molecular formula is C19H22N4O2S2. The van der Waals surface area contributed by atoms with Gasteiger partial charge in [0.25, 0.3) is 5.91 Å². The zero-order chi connectivity index (χ0) is 19.1. The van der Waals surface area contributed by atoms with Gasteiger partial charge in [0.1, 0.15) is 11.9 Å². The molecule has 3 rings (SSSR count). The average molecular weight is 403 g/mol. The van der Waals surface area contributed by atoms with Gasteiger partial charge in [-0.2, -0.15) is 8.75 Å². The van der Waals surface area contributed by atoms with Crippen molar-refractivity contribution < 1.29 is 9.53 Å². The number of thiophene rings is 1. The number of benzene rings is 1. The molecule has 8 heteroatoms. The van der Waals surface area contributed by atoms with Crippen LogP contribution in [-0.4, -0.2) is 39.3 Å². The largest absolute Gasteiger partial charge is 0.489 e. The smallest absolute Gasteiger partial charge is 0.272 e. The lowest BCUT2D eigenvalue weighted by Gasteiger charge is -2.18. The number of nitrogens with zero attached hydrogens (tertiary/aromatic N) is 3. The summed E-state index contributed by atoms with van der Waals surface area (Å²) in [5, 5.41) is 4.91. The first-order valence-corrected chi connectivity index (χ1v) is 10.2. The highest BCUT2D eigenvalue weighted by Gasteiger charge is 2.11. The van der Waals surface area contributed by atoms with Gasteiger partial charge in [-0.05, 0) is 43.1 Å². The van der Waals surface area contributed by atoms with Crippen molar-refractivity contribution in [2.45, 2.75) is 26.1 Å². The fourth-order valence-corrected chi connectivity index (χ4v) is 3.82. The van der Waals surface area contributed by atoms with E-state index in [1.807, 2.05) is 25.1 Å². The Bertz CT molecular complexity index is 837. The van der Waals surface area contributed by atoms with Gasteiger partial charge >= 0.3 is 0 Å². The van der Waals surface area contributed by atoms with Crippen LogP contribution in [0.15, 0.2) is 48.0 Å². The number of rotatable bonds is 9. The number of carbonyl (C=O) groups is 1. The topological polar surface area (TPSA) is 67.3 Å². The SMILES string of the molecule is CC(CNC(=O)c1cnsn1)Oc1cccc(CN(C)Cc2cccs2)c1. The lowest BCUT2D eigenvalue weighted by atomic mass is 10.2. The van der Waals surface area contributed by atoms with E-state index < -0.39 is 0 Å². The third-order valence-electron chi connectivity index (χ3n) is 3.84. The number of hydrogen-bond donors (Lipinski definition) is 1. The van der Waals surface area contributed by atoms with E-state index >= 15 is 0 Å². The van der Waals surface area contributed by atoms with Crippen LogP contribution in [0.3, 0.4) is 0 Å². The molecule has 1 N–H and O–H groups in total. The minimum Gasteiger partial charge on any atom is -0.489 e. The van der Waals surface area contributed by atoms with Crippen molar-refractivity contribution in [3.05, 3.63) is 64.1 Å². The summed E-state index contributed by atoms with van der Waals surface area (Å²) in [6.45, 7) is 4.10. The summed E-state index contributed by atoms with van der Waals surface area (Å²) in [5.41, 5.74) is 1.53. The average Bonchev–Trinajstić information content (AvgIpc) is 3.33. The maximum absolute atomic E-state index is 11.9. The van der Waals surface area contributed by atoms with Gasteiger partial charge in [0.2, 0.25) is 0 Å². The van der Waals surface area contributed by atoms with Gasteiger partial charge in [-0.3, -0.25) is 9.69 Å². The molecule has 1 unspecified atom stereocenters. The molecule has 142 valence electrons. The zero-order valence-corrected chi connectivity index (χ0v) is 16.9. The van der Waals surface area contributed by atoms with Crippen LogP contribution in [0.1, 0.15) is 27.9 Å². The Morgan fingerprint density at radius 2 is 2.19 bits per heavy atom. The Morgan fingerprint density at radius 1 is 1.30 bits per heavy atom. The van der Waals surface area contributed by atoms with Crippen LogP contribution in [0.2, 0.25) is 0 Å². The highest BCUT2D eigenvalue weighted by atomic mass is 32.1. The zero-order valence-electron chi connectivity index (χ0n) is 15.3. The Labute approximate surface area is 167 Å². The molecule has 2 aromatic heterocycles. The summed E-state index contributed by atoms with van der Waals surface area (Å²) < 4.78 is 13.7. The number of aromatic nitrogens is 2. The van der Waals surface area contributed by atoms with Gasteiger partial charge in [0.15, 0.2) is 5.69 Å². The van der Waals surface area contributed by atoms with Crippen molar-refractivity contribution in [1.29, 1.82) is 0 Å². The van der Waals surface area contributed by atoms with E-state index in [0.29, 0.717) is 12.2 Å². The van der Waals surface area contributed by atoms with Gasteiger partial charge in [0, 0.05) is 18.0 Å². The second-order valence-electron chi connectivity index (χ2n) is 6.33. The molecule has 0 saturated heterocycles. The fourth-order valence-electron chi connectivity index (χ4n) is 2.62. The van der Waals surface area contributed by atoms with E-state index in [1.54, 1.807) is 11.3 Å². The molecule has 1 atom stereocenters. The molecule has 0 bridgehead atoms. The maximum atomic E-state index is 11.9. The summed E-state index contributed by atoms with van der Waals surface area (Å²) in [7, 11) is 2.11. The second kappa shape index (κ2) is 9.59. The second-order valence-corrected chi connectivity index (χ2v) is 7.92. The highest BCUT2D eigenvalue weighted by molar-refractivity contribution is 7.09.